The van der Waals surface area contributed by atoms with Gasteiger partial charge in [-0.25, -0.2) is 9.36 Å². The summed E-state index contributed by atoms with van der Waals surface area (Å²) in [6, 6.07) is -2.74. The summed E-state index contributed by atoms with van der Waals surface area (Å²) in [6.45, 7) is 9.40. The van der Waals surface area contributed by atoms with Crippen molar-refractivity contribution in [3.05, 3.63) is 23.8 Å². The van der Waals surface area contributed by atoms with Crippen molar-refractivity contribution in [3.8, 4) is 12.3 Å². The number of nitrogens with one attached hydrogen (secondary N) is 1. The van der Waals surface area contributed by atoms with Gasteiger partial charge in [0.1, 0.15) is 24.4 Å². The molecule has 5 atom stereocenters. The van der Waals surface area contributed by atoms with Crippen molar-refractivity contribution in [2.45, 2.75) is 70.1 Å². The van der Waals surface area contributed by atoms with Crippen LogP contribution >= 0.6 is 0 Å². The molecule has 0 saturated carbocycles. The number of carboxylic acid groups (broad SMARTS) is 1. The Morgan fingerprint density at radius 3 is 1.88 bits per heavy atom. The maximum atomic E-state index is 14.3. The highest BCUT2D eigenvalue weighted by Crippen LogP contribution is 2.26. The lowest BCUT2D eigenvalue weighted by atomic mass is 9.98. The average Bonchev–Trinajstić information content (AvgIpc) is 4.06. The third kappa shape index (κ3) is 16.1. The number of aliphatic imine (C=N–C) groups is 1. The van der Waals surface area contributed by atoms with Gasteiger partial charge in [0.05, 0.1) is 69.8 Å². The van der Waals surface area contributed by atoms with E-state index < -0.39 is 24.1 Å². The van der Waals surface area contributed by atoms with Crippen LogP contribution in [0, 0.1) is 18.3 Å². The number of carboxylic acids is 1. The molecule has 27 heteroatoms. The second-order valence-corrected chi connectivity index (χ2v) is 16.7. The summed E-state index contributed by atoms with van der Waals surface area (Å²) < 4.78 is 19.4. The molecule has 5 heterocycles. The second-order valence-electron chi connectivity index (χ2n) is 16.7. The molecule has 0 bridgehead atoms. The normalized spacial score (nSPS) is 16.3. The number of anilines is 3. The molecule has 5 rings (SSSR count). The van der Waals surface area contributed by atoms with Gasteiger partial charge in [-0.1, -0.05) is 36.6 Å². The number of aliphatic carboxylic acids is 1. The Morgan fingerprint density at radius 1 is 0.812 bits per heavy atom. The highest BCUT2D eigenvalue weighted by Gasteiger charge is 2.34. The van der Waals surface area contributed by atoms with E-state index in [2.05, 4.69) is 43.8 Å². The van der Waals surface area contributed by atoms with Crippen LogP contribution in [0.3, 0.4) is 0 Å². The van der Waals surface area contributed by atoms with Gasteiger partial charge in [-0.15, -0.1) is 16.6 Å². The van der Waals surface area contributed by atoms with Crippen molar-refractivity contribution < 1.29 is 38.8 Å². The molecule has 2 fully saturated rings. The zero-order valence-electron chi connectivity index (χ0n) is 39.6. The van der Waals surface area contributed by atoms with Gasteiger partial charge in [0.25, 0.3) is 0 Å². The number of carbonyl (C=O) groups excluding carboxylic acids is 2. The summed E-state index contributed by atoms with van der Waals surface area (Å²) in [5.41, 5.74) is 24.4. The van der Waals surface area contributed by atoms with Crippen molar-refractivity contribution in [1.29, 1.82) is 0 Å². The Labute approximate surface area is 401 Å². The molecule has 3 aromatic heterocycles. The van der Waals surface area contributed by atoms with Gasteiger partial charge in [-0.3, -0.25) is 19.4 Å². The largest absolute Gasteiger partial charge is 0.481 e. The first-order valence-corrected chi connectivity index (χ1v) is 23.3. The summed E-state index contributed by atoms with van der Waals surface area (Å²) in [5.74, 6) is 2.15. The molecule has 0 spiro atoms. The summed E-state index contributed by atoms with van der Waals surface area (Å²) in [4.78, 5) is 65.7. The van der Waals surface area contributed by atoms with E-state index in [0.29, 0.717) is 122 Å². The molecule has 0 radical (unpaired) electrons. The van der Waals surface area contributed by atoms with Crippen LogP contribution in [0.25, 0.3) is 0 Å². The third-order valence-corrected chi connectivity index (χ3v) is 11.8. The number of nitrogens with two attached hydrogens (primary N) is 4. The van der Waals surface area contributed by atoms with Crippen LogP contribution in [0.4, 0.5) is 17.8 Å². The lowest BCUT2D eigenvalue weighted by Crippen LogP contribution is -2.52. The van der Waals surface area contributed by atoms with Gasteiger partial charge >= 0.3 is 5.97 Å². The van der Waals surface area contributed by atoms with E-state index in [-0.39, 0.29) is 74.6 Å². The first kappa shape index (κ1) is 53.6. The van der Waals surface area contributed by atoms with Crippen molar-refractivity contribution in [3.63, 3.8) is 0 Å². The predicted molar refractivity (Wildman–Crippen MR) is 252 cm³/mol. The van der Waals surface area contributed by atoms with Gasteiger partial charge < -0.3 is 72.3 Å². The number of rotatable bonds is 29. The monoisotopic (exact) mass is 968 g/mol. The summed E-state index contributed by atoms with van der Waals surface area (Å²) in [5, 5.41) is 38.9. The molecule has 27 nitrogen and oxygen atoms in total. The number of aromatic nitrogens is 9. The minimum absolute atomic E-state index is 0.0224. The topological polar surface area (TPSA) is 361 Å². The van der Waals surface area contributed by atoms with Gasteiger partial charge in [-0.05, 0) is 25.2 Å². The number of guanidine groups is 1. The maximum Gasteiger partial charge on any atom is 0.303 e. The van der Waals surface area contributed by atoms with Crippen LogP contribution in [-0.2, 0) is 28.6 Å². The Kier molecular flexibility index (Phi) is 21.5. The molecule has 2 aliphatic rings. The first-order chi connectivity index (χ1) is 33.3. The van der Waals surface area contributed by atoms with Crippen LogP contribution in [0.5, 0.6) is 0 Å². The van der Waals surface area contributed by atoms with Gasteiger partial charge in [0.15, 0.2) is 5.96 Å². The van der Waals surface area contributed by atoms with E-state index in [1.165, 1.54) is 10.9 Å². The predicted octanol–water partition coefficient (Wildman–Crippen LogP) is -2.11. The minimum atomic E-state index is -1.06. The number of hydrogen-bond acceptors (Lipinski definition) is 20. The second kappa shape index (κ2) is 27.6. The van der Waals surface area contributed by atoms with Crippen molar-refractivity contribution in [2.24, 2.45) is 33.8 Å². The molecular weight excluding hydrogens is 899 g/mol. The fourth-order valence-electron chi connectivity index (χ4n) is 7.53. The van der Waals surface area contributed by atoms with Gasteiger partial charge in [-0.2, -0.15) is 15.0 Å². The quantitative estimate of drug-likeness (QED) is 0.0169. The van der Waals surface area contributed by atoms with E-state index in [9.17, 15) is 24.6 Å². The highest BCUT2D eigenvalue weighted by molar-refractivity contribution is 5.82. The highest BCUT2D eigenvalue weighted by atomic mass is 16.5. The molecule has 380 valence electrons. The van der Waals surface area contributed by atoms with E-state index in [4.69, 9.17) is 58.5 Å². The van der Waals surface area contributed by atoms with E-state index in [1.54, 1.807) is 20.7 Å². The van der Waals surface area contributed by atoms with Crippen LogP contribution in [0.15, 0.2) is 17.4 Å². The number of amides is 2. The van der Waals surface area contributed by atoms with Gasteiger partial charge in [0, 0.05) is 71.9 Å². The molecule has 0 aromatic carbocycles. The molecule has 3 aromatic rings. The van der Waals surface area contributed by atoms with Crippen LogP contribution in [-0.4, -0.2) is 200 Å². The summed E-state index contributed by atoms with van der Waals surface area (Å²) >= 11 is 0. The SMILES string of the molecule is C#CCOCCOCCOCCNc1nc(N2CCN(C(=O)[C@H](CCCN=C(N)N)n3cc(C(N)[C@@H](C)CC)nn3)CC2)nc(N2CCN(C(=O)[C@H](CCC(=O)O)n3cc([C@@H](N)CO)nn3)CC2)n1. The van der Waals surface area contributed by atoms with Crippen molar-refractivity contribution in [1.82, 2.24) is 54.7 Å². The smallest absolute Gasteiger partial charge is 0.303 e. The number of carbonyl (C=O) groups is 3. The van der Waals surface area contributed by atoms with Crippen LogP contribution in [0.2, 0.25) is 0 Å². The molecule has 69 heavy (non-hydrogen) atoms. The van der Waals surface area contributed by atoms with E-state index >= 15 is 0 Å². The van der Waals surface area contributed by atoms with Crippen molar-refractivity contribution >= 4 is 41.6 Å². The lowest BCUT2D eigenvalue weighted by Gasteiger charge is -2.38. The molecule has 2 amide bonds. The first-order valence-electron chi connectivity index (χ1n) is 23.3. The summed E-state index contributed by atoms with van der Waals surface area (Å²) in [6.07, 6.45) is 9.93. The van der Waals surface area contributed by atoms with Crippen molar-refractivity contribution in [2.75, 3.05) is 127 Å². The number of terminal acetylenes is 1. The number of nitrogens with zero attached hydrogens (tertiary/aromatic N) is 14. The lowest BCUT2D eigenvalue weighted by molar-refractivity contribution is -0.139. The molecule has 0 aliphatic carbocycles. The third-order valence-electron chi connectivity index (χ3n) is 11.8. The maximum absolute atomic E-state index is 14.3. The average molecular weight is 968 g/mol. The number of hydrogen-bond donors (Lipinski definition) is 7. The fraction of sp³-hybridized carbons (Fsp3) is 0.690. The number of piperazine rings is 2. The number of aliphatic hydroxyl groups excluding tert-OH is 1. The van der Waals surface area contributed by atoms with E-state index in [0.717, 1.165) is 6.42 Å². The van der Waals surface area contributed by atoms with Crippen LogP contribution < -0.4 is 38.1 Å². The fourth-order valence-corrected chi connectivity index (χ4v) is 7.53. The summed E-state index contributed by atoms with van der Waals surface area (Å²) in [7, 11) is 0. The molecule has 1 unspecified atom stereocenters. The Morgan fingerprint density at radius 2 is 1.35 bits per heavy atom. The standard InChI is InChI=1S/C42H69N19O8/c1-4-20-67-22-24-69-25-23-68-21-11-48-40-49-41(51-42(50-40)59-18-14-57(15-19-59)38(66)34(8-9-35(63)64)60-26-31(52-54-60)30(43)28-62)58-16-12-56(13-17-58)37(65)33(7-6-10-47-39(45)46)61-27-32(53-55-61)36(44)29(3)5-2/h1,26-27,29-30,33-34,36,62H,5-25,28,43-44H2,2-3H3,(H,63,64)(H4,45,46,47)(H,48,49,50,51)/t29-,30-,33-,34-,36?/m0/s1. The van der Waals surface area contributed by atoms with Gasteiger partial charge in [0.2, 0.25) is 29.7 Å². The zero-order chi connectivity index (χ0) is 49.7. The zero-order valence-corrected chi connectivity index (χ0v) is 39.6. The molecule has 11 N–H and O–H groups in total. The number of aliphatic hydroxyl groups is 1. The number of ether oxygens (including phenoxy) is 3. The Balaban J connectivity index is 1.27. The molecule has 2 aliphatic heterocycles. The van der Waals surface area contributed by atoms with Crippen LogP contribution in [0.1, 0.15) is 81.5 Å². The molecule has 2 saturated heterocycles. The molecular formula is C42H69N19O8. The van der Waals surface area contributed by atoms with E-state index in [1.807, 2.05) is 16.7 Å². The Bertz CT molecular complexity index is 2130. The minimum Gasteiger partial charge on any atom is -0.481 e. The Hall–Kier alpha value is -6.31.